The molecule has 3 aromatic rings. The summed E-state index contributed by atoms with van der Waals surface area (Å²) in [4.78, 5) is 13.0. The van der Waals surface area contributed by atoms with Crippen molar-refractivity contribution in [3.05, 3.63) is 53.0 Å². The maximum Gasteiger partial charge on any atom is 0.257 e. The minimum Gasteiger partial charge on any atom is -0.488 e. The third-order valence-electron chi connectivity index (χ3n) is 4.11. The van der Waals surface area contributed by atoms with Crippen LogP contribution >= 0.6 is 11.3 Å². The van der Waals surface area contributed by atoms with Gasteiger partial charge in [-0.25, -0.2) is 8.42 Å². The van der Waals surface area contributed by atoms with Crippen molar-refractivity contribution in [2.75, 3.05) is 25.3 Å². The molecule has 1 heterocycles. The van der Waals surface area contributed by atoms with Crippen LogP contribution in [0.5, 0.6) is 17.2 Å². The molecular weight excluding hydrogens is 454 g/mol. The number of hydrogen-bond acceptors (Lipinski definition) is 9. The van der Waals surface area contributed by atoms with Crippen molar-refractivity contribution in [1.82, 2.24) is 10.2 Å². The fourth-order valence-corrected chi connectivity index (χ4v) is 3.96. The Morgan fingerprint density at radius 2 is 1.78 bits per heavy atom. The molecule has 0 spiro atoms. The number of hydrogen-bond donors (Lipinski definition) is 1. The van der Waals surface area contributed by atoms with Crippen LogP contribution in [0.3, 0.4) is 0 Å². The smallest absolute Gasteiger partial charge is 0.257 e. The maximum atomic E-state index is 12.8. The lowest BCUT2D eigenvalue weighted by Crippen LogP contribution is -2.18. The van der Waals surface area contributed by atoms with E-state index in [9.17, 15) is 13.2 Å². The van der Waals surface area contributed by atoms with Gasteiger partial charge in [-0.2, -0.15) is 0 Å². The topological polar surface area (TPSA) is 117 Å². The molecule has 0 fully saturated rings. The Balaban J connectivity index is 1.87. The van der Waals surface area contributed by atoms with E-state index in [-0.39, 0.29) is 11.0 Å². The van der Waals surface area contributed by atoms with Gasteiger partial charge in [0.1, 0.15) is 28.4 Å². The number of aryl methyl sites for hydroxylation is 1. The summed E-state index contributed by atoms with van der Waals surface area (Å²) in [5.41, 5.74) is 0.294. The normalized spacial score (nSPS) is 12.2. The number of carbonyl (C=O) groups excluding carboxylic acids is 1. The summed E-state index contributed by atoms with van der Waals surface area (Å²) in [6, 6.07) is 10.8. The largest absolute Gasteiger partial charge is 0.488 e. The van der Waals surface area contributed by atoms with E-state index < -0.39 is 15.7 Å². The first-order valence-corrected chi connectivity index (χ1v) is 12.2. The average Bonchev–Trinajstić information content (AvgIpc) is 3.12. The molecule has 0 aliphatic rings. The first kappa shape index (κ1) is 23.6. The van der Waals surface area contributed by atoms with Crippen molar-refractivity contribution in [1.29, 1.82) is 0 Å². The third-order valence-corrected chi connectivity index (χ3v) is 6.00. The van der Waals surface area contributed by atoms with E-state index in [0.717, 1.165) is 11.3 Å². The van der Waals surface area contributed by atoms with Crippen LogP contribution in [-0.2, 0) is 14.6 Å². The van der Waals surface area contributed by atoms with E-state index in [2.05, 4.69) is 15.5 Å². The fourth-order valence-electron chi connectivity index (χ4n) is 2.74. The van der Waals surface area contributed by atoms with Crippen LogP contribution < -0.4 is 14.8 Å². The van der Waals surface area contributed by atoms with Crippen molar-refractivity contribution in [3.63, 3.8) is 0 Å². The molecule has 2 aromatic carbocycles. The Labute approximate surface area is 190 Å². The van der Waals surface area contributed by atoms with Crippen LogP contribution in [0.2, 0.25) is 0 Å². The molecule has 0 bridgehead atoms. The molecule has 1 atom stereocenters. The van der Waals surface area contributed by atoms with Crippen molar-refractivity contribution in [2.24, 2.45) is 0 Å². The van der Waals surface area contributed by atoms with Gasteiger partial charge in [0, 0.05) is 25.0 Å². The first-order chi connectivity index (χ1) is 15.1. The van der Waals surface area contributed by atoms with Crippen molar-refractivity contribution < 1.29 is 27.4 Å². The van der Waals surface area contributed by atoms with Gasteiger partial charge in [0.05, 0.1) is 11.5 Å². The van der Waals surface area contributed by atoms with Gasteiger partial charge in [0.2, 0.25) is 5.13 Å². The van der Waals surface area contributed by atoms with E-state index in [4.69, 9.17) is 14.2 Å². The summed E-state index contributed by atoms with van der Waals surface area (Å²) < 4.78 is 40.1. The fraction of sp³-hybridized carbons (Fsp3) is 0.286. The molecule has 1 aromatic heterocycles. The lowest BCUT2D eigenvalue weighted by atomic mass is 10.2. The van der Waals surface area contributed by atoms with Crippen LogP contribution in [0, 0.1) is 6.92 Å². The van der Waals surface area contributed by atoms with Gasteiger partial charge in [-0.15, -0.1) is 10.2 Å². The Morgan fingerprint density at radius 1 is 1.09 bits per heavy atom. The summed E-state index contributed by atoms with van der Waals surface area (Å²) in [5.74, 6) is 0.769. The second kappa shape index (κ2) is 10.1. The lowest BCUT2D eigenvalue weighted by molar-refractivity contribution is 0.0916. The van der Waals surface area contributed by atoms with Gasteiger partial charge in [-0.3, -0.25) is 10.1 Å². The Bertz CT molecular complexity index is 1190. The van der Waals surface area contributed by atoms with Crippen LogP contribution in [0.25, 0.3) is 0 Å². The number of carbonyl (C=O) groups is 1. The molecule has 0 aliphatic heterocycles. The zero-order valence-electron chi connectivity index (χ0n) is 18.0. The van der Waals surface area contributed by atoms with Gasteiger partial charge < -0.3 is 14.2 Å². The number of nitrogens with one attached hydrogen (secondary N) is 1. The number of anilines is 1. The quantitative estimate of drug-likeness (QED) is 0.496. The number of nitrogens with zero attached hydrogens (tertiary/aromatic N) is 2. The van der Waals surface area contributed by atoms with Crippen molar-refractivity contribution in [3.8, 4) is 17.2 Å². The van der Waals surface area contributed by atoms with E-state index >= 15 is 0 Å². The highest BCUT2D eigenvalue weighted by Crippen LogP contribution is 2.29. The molecule has 0 saturated carbocycles. The number of benzene rings is 2. The maximum absolute atomic E-state index is 12.8. The molecule has 0 aliphatic carbocycles. The first-order valence-electron chi connectivity index (χ1n) is 9.54. The van der Waals surface area contributed by atoms with Gasteiger partial charge >= 0.3 is 0 Å². The van der Waals surface area contributed by atoms with Gasteiger partial charge in [-0.1, -0.05) is 11.3 Å². The predicted octanol–water partition coefficient (Wildman–Crippen LogP) is 3.71. The van der Waals surface area contributed by atoms with E-state index in [0.29, 0.717) is 34.6 Å². The summed E-state index contributed by atoms with van der Waals surface area (Å²) >= 11 is 1.26. The Kier molecular flexibility index (Phi) is 7.44. The molecule has 11 heteroatoms. The van der Waals surface area contributed by atoms with Crippen LogP contribution in [-0.4, -0.2) is 50.6 Å². The van der Waals surface area contributed by atoms with Crippen molar-refractivity contribution >= 4 is 32.2 Å². The number of ether oxygens (including phenoxy) is 3. The average molecular weight is 478 g/mol. The summed E-state index contributed by atoms with van der Waals surface area (Å²) in [7, 11) is -1.74. The Hall–Kier alpha value is -3.02. The molecule has 1 N–H and O–H groups in total. The van der Waals surface area contributed by atoms with Gasteiger partial charge in [0.25, 0.3) is 5.91 Å². The lowest BCUT2D eigenvalue weighted by Gasteiger charge is -2.16. The zero-order valence-corrected chi connectivity index (χ0v) is 19.6. The second-order valence-electron chi connectivity index (χ2n) is 7.00. The van der Waals surface area contributed by atoms with E-state index in [1.807, 2.05) is 6.92 Å². The SMILES string of the molecule is COCC(C)Oc1cc(Oc2ccc(S(C)(=O)=O)cc2)cc(C(=O)Nc2nnc(C)s2)c1. The number of sulfone groups is 1. The standard InChI is InChI=1S/C21H23N3O6S2/c1-13(12-28-3)29-17-9-15(20(25)22-21-24-23-14(2)31-21)10-18(11-17)30-16-5-7-19(8-6-16)32(4,26)27/h5-11,13H,12H2,1-4H3,(H,22,24,25). The molecule has 1 amide bonds. The monoisotopic (exact) mass is 477 g/mol. The predicted molar refractivity (Wildman–Crippen MR) is 121 cm³/mol. The molecule has 0 radical (unpaired) electrons. The van der Waals surface area contributed by atoms with Gasteiger partial charge in [0.15, 0.2) is 9.84 Å². The molecule has 3 rings (SSSR count). The highest BCUT2D eigenvalue weighted by molar-refractivity contribution is 7.90. The van der Waals surface area contributed by atoms with Crippen molar-refractivity contribution in [2.45, 2.75) is 24.8 Å². The molecule has 0 saturated heterocycles. The minimum atomic E-state index is -3.31. The number of amides is 1. The van der Waals surface area contributed by atoms with Crippen LogP contribution in [0.1, 0.15) is 22.3 Å². The molecule has 9 nitrogen and oxygen atoms in total. The summed E-state index contributed by atoms with van der Waals surface area (Å²) in [6.07, 6.45) is 0.876. The van der Waals surface area contributed by atoms with E-state index in [1.165, 1.54) is 23.5 Å². The minimum absolute atomic E-state index is 0.183. The van der Waals surface area contributed by atoms with E-state index in [1.54, 1.807) is 44.4 Å². The molecule has 170 valence electrons. The highest BCUT2D eigenvalue weighted by Gasteiger charge is 2.15. The van der Waals surface area contributed by atoms with Crippen LogP contribution in [0.4, 0.5) is 5.13 Å². The van der Waals surface area contributed by atoms with Crippen LogP contribution in [0.15, 0.2) is 47.4 Å². The summed E-state index contributed by atoms with van der Waals surface area (Å²) in [6.45, 7) is 3.99. The third kappa shape index (κ3) is 6.49. The molecular formula is C21H23N3O6S2. The molecule has 1 unspecified atom stereocenters. The second-order valence-corrected chi connectivity index (χ2v) is 10.2. The number of aromatic nitrogens is 2. The highest BCUT2D eigenvalue weighted by atomic mass is 32.2. The molecule has 32 heavy (non-hydrogen) atoms. The number of methoxy groups -OCH3 is 1. The zero-order chi connectivity index (χ0) is 23.3. The summed E-state index contributed by atoms with van der Waals surface area (Å²) in [5, 5.41) is 11.6. The number of rotatable bonds is 9. The van der Waals surface area contributed by atoms with Gasteiger partial charge in [-0.05, 0) is 50.2 Å². The Morgan fingerprint density at radius 3 is 2.38 bits per heavy atom.